The SMILES string of the molecule is COc1ccc(Cc2noc([C@H]3CCNC3)n2)cc1.Cl. The van der Waals surface area contributed by atoms with Crippen LogP contribution >= 0.6 is 12.4 Å². The Kier molecular flexibility index (Phi) is 4.98. The number of hydrogen-bond acceptors (Lipinski definition) is 5. The lowest BCUT2D eigenvalue weighted by atomic mass is 10.1. The van der Waals surface area contributed by atoms with Gasteiger partial charge in [-0.15, -0.1) is 12.4 Å². The number of nitrogens with zero attached hydrogens (tertiary/aromatic N) is 2. The maximum Gasteiger partial charge on any atom is 0.231 e. The molecule has 108 valence electrons. The third-order valence-corrected chi connectivity index (χ3v) is 3.41. The van der Waals surface area contributed by atoms with E-state index in [2.05, 4.69) is 15.5 Å². The van der Waals surface area contributed by atoms with Gasteiger partial charge in [0.05, 0.1) is 13.0 Å². The molecule has 0 bridgehead atoms. The summed E-state index contributed by atoms with van der Waals surface area (Å²) in [5.41, 5.74) is 1.15. The summed E-state index contributed by atoms with van der Waals surface area (Å²) in [6, 6.07) is 7.92. The van der Waals surface area contributed by atoms with E-state index in [4.69, 9.17) is 9.26 Å². The summed E-state index contributed by atoms with van der Waals surface area (Å²) in [5.74, 6) is 2.73. The van der Waals surface area contributed by atoms with Gasteiger partial charge in [0, 0.05) is 13.0 Å². The van der Waals surface area contributed by atoms with Gasteiger partial charge in [-0.05, 0) is 30.7 Å². The van der Waals surface area contributed by atoms with Crippen molar-refractivity contribution in [1.82, 2.24) is 15.5 Å². The number of nitrogens with one attached hydrogen (secondary N) is 1. The smallest absolute Gasteiger partial charge is 0.231 e. The average molecular weight is 296 g/mol. The Labute approximate surface area is 124 Å². The first-order valence-electron chi connectivity index (χ1n) is 6.51. The van der Waals surface area contributed by atoms with Gasteiger partial charge in [0.2, 0.25) is 5.89 Å². The Morgan fingerprint density at radius 3 is 2.80 bits per heavy atom. The zero-order valence-electron chi connectivity index (χ0n) is 11.3. The fraction of sp³-hybridized carbons (Fsp3) is 0.429. The summed E-state index contributed by atoms with van der Waals surface area (Å²) in [6.45, 7) is 1.96. The lowest BCUT2D eigenvalue weighted by Gasteiger charge is -2.01. The van der Waals surface area contributed by atoms with Crippen LogP contribution in [0.5, 0.6) is 5.75 Å². The van der Waals surface area contributed by atoms with Crippen molar-refractivity contribution in [2.45, 2.75) is 18.8 Å². The van der Waals surface area contributed by atoms with Crippen molar-refractivity contribution in [1.29, 1.82) is 0 Å². The van der Waals surface area contributed by atoms with E-state index in [9.17, 15) is 0 Å². The standard InChI is InChI=1S/C14H17N3O2.ClH/c1-18-12-4-2-10(3-5-12)8-13-16-14(19-17-13)11-6-7-15-9-11;/h2-5,11,15H,6-9H2,1H3;1H/t11-;/m0./s1. The maximum atomic E-state index is 5.34. The second-order valence-electron chi connectivity index (χ2n) is 4.76. The van der Waals surface area contributed by atoms with Gasteiger partial charge >= 0.3 is 0 Å². The molecule has 2 heterocycles. The lowest BCUT2D eigenvalue weighted by Crippen LogP contribution is -2.08. The van der Waals surface area contributed by atoms with E-state index in [0.29, 0.717) is 12.3 Å². The van der Waals surface area contributed by atoms with Crippen molar-refractivity contribution in [3.05, 3.63) is 41.5 Å². The summed E-state index contributed by atoms with van der Waals surface area (Å²) in [4.78, 5) is 4.48. The van der Waals surface area contributed by atoms with Crippen LogP contribution < -0.4 is 10.1 Å². The molecule has 0 spiro atoms. The van der Waals surface area contributed by atoms with Crippen molar-refractivity contribution in [2.75, 3.05) is 20.2 Å². The summed E-state index contributed by atoms with van der Waals surface area (Å²) < 4.78 is 10.5. The largest absolute Gasteiger partial charge is 0.497 e. The van der Waals surface area contributed by atoms with Gasteiger partial charge in [-0.25, -0.2) is 0 Å². The van der Waals surface area contributed by atoms with Crippen LogP contribution in [0.25, 0.3) is 0 Å². The Morgan fingerprint density at radius 1 is 1.35 bits per heavy atom. The van der Waals surface area contributed by atoms with Crippen molar-refractivity contribution in [2.24, 2.45) is 0 Å². The first-order valence-corrected chi connectivity index (χ1v) is 6.51. The van der Waals surface area contributed by atoms with E-state index in [0.717, 1.165) is 42.5 Å². The molecule has 0 unspecified atom stereocenters. The van der Waals surface area contributed by atoms with E-state index in [1.54, 1.807) is 7.11 Å². The molecule has 1 aliphatic heterocycles. The summed E-state index contributed by atoms with van der Waals surface area (Å²) in [6.07, 6.45) is 1.76. The first-order chi connectivity index (χ1) is 9.35. The average Bonchev–Trinajstić information content (AvgIpc) is 3.10. The summed E-state index contributed by atoms with van der Waals surface area (Å²) >= 11 is 0. The zero-order valence-corrected chi connectivity index (χ0v) is 12.2. The highest BCUT2D eigenvalue weighted by molar-refractivity contribution is 5.85. The highest BCUT2D eigenvalue weighted by Crippen LogP contribution is 2.21. The second-order valence-corrected chi connectivity index (χ2v) is 4.76. The normalized spacial score (nSPS) is 17.8. The van der Waals surface area contributed by atoms with Crippen molar-refractivity contribution < 1.29 is 9.26 Å². The minimum atomic E-state index is 0. The van der Waals surface area contributed by atoms with Crippen molar-refractivity contribution >= 4 is 12.4 Å². The summed E-state index contributed by atoms with van der Waals surface area (Å²) in [7, 11) is 1.66. The molecule has 1 N–H and O–H groups in total. The Hall–Kier alpha value is -1.59. The van der Waals surface area contributed by atoms with Crippen LogP contribution in [0.2, 0.25) is 0 Å². The topological polar surface area (TPSA) is 60.2 Å². The monoisotopic (exact) mass is 295 g/mol. The molecule has 5 nitrogen and oxygen atoms in total. The van der Waals surface area contributed by atoms with E-state index in [1.165, 1.54) is 0 Å². The fourth-order valence-corrected chi connectivity index (χ4v) is 2.30. The molecule has 20 heavy (non-hydrogen) atoms. The van der Waals surface area contributed by atoms with Gasteiger partial charge < -0.3 is 14.6 Å². The lowest BCUT2D eigenvalue weighted by molar-refractivity contribution is 0.355. The van der Waals surface area contributed by atoms with Crippen LogP contribution in [0.1, 0.15) is 29.6 Å². The molecule has 1 aromatic carbocycles. The van der Waals surface area contributed by atoms with E-state index < -0.39 is 0 Å². The van der Waals surface area contributed by atoms with Crippen LogP contribution in [0, 0.1) is 0 Å². The highest BCUT2D eigenvalue weighted by atomic mass is 35.5. The third-order valence-electron chi connectivity index (χ3n) is 3.41. The molecule has 2 aromatic rings. The van der Waals surface area contributed by atoms with Crippen LogP contribution in [0.3, 0.4) is 0 Å². The van der Waals surface area contributed by atoms with Crippen LogP contribution in [0.4, 0.5) is 0 Å². The number of ether oxygens (including phenoxy) is 1. The Bertz CT molecular complexity index is 536. The number of halogens is 1. The van der Waals surface area contributed by atoms with Gasteiger partial charge in [-0.1, -0.05) is 17.3 Å². The molecule has 1 atom stereocenters. The molecule has 0 aliphatic carbocycles. The van der Waals surface area contributed by atoms with Crippen molar-refractivity contribution in [3.63, 3.8) is 0 Å². The van der Waals surface area contributed by atoms with Gasteiger partial charge in [0.15, 0.2) is 5.82 Å². The Balaban J connectivity index is 0.00000147. The van der Waals surface area contributed by atoms with Crippen LogP contribution in [-0.4, -0.2) is 30.3 Å². The second kappa shape index (κ2) is 6.72. The minimum Gasteiger partial charge on any atom is -0.497 e. The van der Waals surface area contributed by atoms with Crippen LogP contribution in [0.15, 0.2) is 28.8 Å². The molecular formula is C14H18ClN3O2. The maximum absolute atomic E-state index is 5.34. The van der Waals surface area contributed by atoms with E-state index in [1.807, 2.05) is 24.3 Å². The third kappa shape index (κ3) is 3.29. The molecule has 3 rings (SSSR count). The summed E-state index contributed by atoms with van der Waals surface area (Å²) in [5, 5.41) is 7.35. The quantitative estimate of drug-likeness (QED) is 0.937. The predicted octanol–water partition coefficient (Wildman–Crippen LogP) is 2.17. The highest BCUT2D eigenvalue weighted by Gasteiger charge is 2.22. The van der Waals surface area contributed by atoms with E-state index in [-0.39, 0.29) is 12.4 Å². The fourth-order valence-electron chi connectivity index (χ4n) is 2.30. The number of methoxy groups -OCH3 is 1. The molecule has 0 radical (unpaired) electrons. The first kappa shape index (κ1) is 14.8. The van der Waals surface area contributed by atoms with Crippen molar-refractivity contribution in [3.8, 4) is 5.75 Å². The van der Waals surface area contributed by atoms with Gasteiger partial charge in [-0.2, -0.15) is 4.98 Å². The molecule has 1 aliphatic rings. The molecule has 1 saturated heterocycles. The minimum absolute atomic E-state index is 0. The Morgan fingerprint density at radius 2 is 2.15 bits per heavy atom. The number of hydrogen-bond donors (Lipinski definition) is 1. The molecule has 0 amide bonds. The number of benzene rings is 1. The molecule has 1 aromatic heterocycles. The number of rotatable bonds is 4. The predicted molar refractivity (Wildman–Crippen MR) is 77.6 cm³/mol. The van der Waals surface area contributed by atoms with Crippen LogP contribution in [-0.2, 0) is 6.42 Å². The number of aromatic nitrogens is 2. The zero-order chi connectivity index (χ0) is 13.1. The van der Waals surface area contributed by atoms with Gasteiger partial charge in [0.1, 0.15) is 5.75 Å². The molecule has 0 saturated carbocycles. The molecule has 6 heteroatoms. The van der Waals surface area contributed by atoms with Gasteiger partial charge in [-0.3, -0.25) is 0 Å². The van der Waals surface area contributed by atoms with Gasteiger partial charge in [0.25, 0.3) is 0 Å². The van der Waals surface area contributed by atoms with E-state index >= 15 is 0 Å². The molecular weight excluding hydrogens is 278 g/mol. The molecule has 1 fully saturated rings.